The number of hydrogen-bond donors (Lipinski definition) is 4. The van der Waals surface area contributed by atoms with E-state index in [1.807, 2.05) is 60.7 Å². The SMILES string of the molecule is COc1ccc(C(OC[C@H]2O[C@@H](n3nnc4c(NC(=O)c5ccccc5)ncnc43)[C@@H](F)[C@@H]2OP(=S)(OCCC#N)OC[C@@H]2C[C@H](O[PH](=O)O)[C@H](n3cnc4c(=O)[nH]c(NC(=O)C(C)C)nc43)O2)(c2ccccc2)c2ccc(OC)cc2)cc1. The van der Waals surface area contributed by atoms with Gasteiger partial charge in [-0.25, -0.2) is 19.3 Å². The van der Waals surface area contributed by atoms with Crippen LogP contribution in [0.15, 0.2) is 127 Å². The average Bonchev–Trinajstić information content (AvgIpc) is 3.70. The van der Waals surface area contributed by atoms with E-state index in [2.05, 4.69) is 45.9 Å². The molecule has 6 heterocycles. The highest BCUT2D eigenvalue weighted by Gasteiger charge is 2.53. The maximum absolute atomic E-state index is 18.1. The molecule has 8 aromatic rings. The summed E-state index contributed by atoms with van der Waals surface area (Å²) in [4.78, 5) is 68.8. The molecule has 0 aliphatic carbocycles. The van der Waals surface area contributed by atoms with Gasteiger partial charge in [0.25, 0.3) is 11.5 Å². The molecule has 4 aromatic carbocycles. The molecule has 4 N–H and O–H groups in total. The van der Waals surface area contributed by atoms with Gasteiger partial charge in [0, 0.05) is 17.9 Å². The number of benzene rings is 4. The van der Waals surface area contributed by atoms with E-state index in [4.69, 9.17) is 53.6 Å². The van der Waals surface area contributed by atoms with Crippen LogP contribution >= 0.6 is 15.0 Å². The number of carbonyl (C=O) groups excluding carboxylic acids is 2. The number of anilines is 2. The van der Waals surface area contributed by atoms with E-state index in [1.54, 1.807) is 82.7 Å². The third kappa shape index (κ3) is 12.7. The number of halogens is 1. The lowest BCUT2D eigenvalue weighted by Gasteiger charge is -2.37. The number of hydrogen-bond acceptors (Lipinski definition) is 21. The minimum atomic E-state index is -4.27. The van der Waals surface area contributed by atoms with Crippen molar-refractivity contribution in [2.24, 2.45) is 5.92 Å². The fraction of sp³-hybridized carbons (Fsp3) is 0.333. The Bertz CT molecular complexity index is 3760. The van der Waals surface area contributed by atoms with Crippen LogP contribution in [0.25, 0.3) is 22.3 Å². The Balaban J connectivity index is 1.00. The van der Waals surface area contributed by atoms with Crippen LogP contribution in [0.1, 0.15) is 66.2 Å². The number of aromatic amines is 1. The van der Waals surface area contributed by atoms with Crippen LogP contribution in [0.4, 0.5) is 16.2 Å². The van der Waals surface area contributed by atoms with Crippen molar-refractivity contribution < 1.29 is 65.2 Å². The number of aromatic nitrogens is 9. The number of alkyl halides is 1. The Morgan fingerprint density at radius 1 is 0.893 bits per heavy atom. The highest BCUT2D eigenvalue weighted by Crippen LogP contribution is 2.55. The number of fused-ring (bicyclic) bond motifs is 2. The summed E-state index contributed by atoms with van der Waals surface area (Å²) in [5, 5.41) is 23.4. The molecule has 84 heavy (non-hydrogen) atoms. The summed E-state index contributed by atoms with van der Waals surface area (Å²) in [5.41, 5.74) is -0.133. The van der Waals surface area contributed by atoms with Gasteiger partial charge in [0.2, 0.25) is 11.9 Å². The first-order valence-electron chi connectivity index (χ1n) is 26.1. The fourth-order valence-electron chi connectivity index (χ4n) is 9.59. The summed E-state index contributed by atoms with van der Waals surface area (Å²) in [6.07, 6.45) is -8.43. The van der Waals surface area contributed by atoms with E-state index in [0.29, 0.717) is 33.8 Å². The van der Waals surface area contributed by atoms with Crippen molar-refractivity contribution >= 4 is 72.7 Å². The van der Waals surface area contributed by atoms with E-state index in [9.17, 15) is 29.1 Å². The fourth-order valence-corrected chi connectivity index (χ4v) is 12.2. The number of rotatable bonds is 24. The summed E-state index contributed by atoms with van der Waals surface area (Å²) in [5.74, 6) is -0.484. The highest BCUT2D eigenvalue weighted by molar-refractivity contribution is 8.07. The smallest absolute Gasteiger partial charge is 0.327 e. The summed E-state index contributed by atoms with van der Waals surface area (Å²) >= 11 is 6.08. The lowest BCUT2D eigenvalue weighted by atomic mass is 9.80. The molecular formula is C54H55FN12O14P2S. The molecule has 10 rings (SSSR count). The molecule has 9 atom stereocenters. The minimum Gasteiger partial charge on any atom is -0.497 e. The molecule has 2 saturated heterocycles. The van der Waals surface area contributed by atoms with Crippen molar-refractivity contribution in [2.75, 3.05) is 44.7 Å². The number of imidazole rings is 1. The highest BCUT2D eigenvalue weighted by atomic mass is 32.5. The summed E-state index contributed by atoms with van der Waals surface area (Å²) in [6, 6.07) is 34.2. The molecule has 0 saturated carbocycles. The van der Waals surface area contributed by atoms with Crippen molar-refractivity contribution in [3.63, 3.8) is 0 Å². The van der Waals surface area contributed by atoms with Crippen molar-refractivity contribution in [1.29, 1.82) is 5.26 Å². The normalized spacial score (nSPS) is 20.8. The van der Waals surface area contributed by atoms with Crippen LogP contribution in [-0.4, -0.2) is 126 Å². The second-order valence-corrected chi connectivity index (χ2v) is 23.0. The first-order valence-corrected chi connectivity index (χ1v) is 29.9. The quantitative estimate of drug-likeness (QED) is 0.0267. The molecule has 2 aliphatic rings. The lowest BCUT2D eigenvalue weighted by Crippen LogP contribution is -2.40. The number of nitriles is 1. The Labute approximate surface area is 483 Å². The molecule has 26 nitrogen and oxygen atoms in total. The topological polar surface area (TPSA) is 322 Å². The maximum atomic E-state index is 18.1. The monoisotopic (exact) mass is 1210 g/mol. The van der Waals surface area contributed by atoms with E-state index in [-0.39, 0.29) is 53.5 Å². The van der Waals surface area contributed by atoms with Gasteiger partial charge < -0.3 is 47.5 Å². The van der Waals surface area contributed by atoms with Crippen molar-refractivity contribution in [3.05, 3.63) is 154 Å². The standard InChI is InChI=1S/C54H55FN12O14P2S/c1-31(2)48(68)62-53-61-47-43(50(70)63-53)59-30-66(47)51-39(80-82(71)72)26-38(78-51)27-77-83(84,76-25-11-24-56)81-44-40(79-52(41(44)55)67-46-42(64-65-67)45(57-29-58-46)60-49(69)32-12-7-5-8-13-32)28-75-54(33-14-9-6-10-15-33,34-16-20-36(73-3)21-17-34)35-18-22-37(74-4)23-19-35/h5-10,12-23,29-31,38-41,44,51-52,82H,11,25-28H2,1-4H3,(H,71,72)(H,57,58,60,69)(H2,61,62,63,68,70)/t38-,39-,40+,41-,44+,51+,52+,83?/m0/s1. The van der Waals surface area contributed by atoms with Gasteiger partial charge in [0.1, 0.15) is 41.7 Å². The molecule has 2 aliphatic heterocycles. The van der Waals surface area contributed by atoms with E-state index in [1.165, 1.54) is 10.9 Å². The van der Waals surface area contributed by atoms with Gasteiger partial charge in [-0.2, -0.15) is 14.9 Å². The van der Waals surface area contributed by atoms with Gasteiger partial charge in [-0.05, 0) is 64.9 Å². The third-order valence-electron chi connectivity index (χ3n) is 13.7. The van der Waals surface area contributed by atoms with Gasteiger partial charge in [-0.15, -0.1) is 5.10 Å². The molecular weight excluding hydrogens is 1150 g/mol. The van der Waals surface area contributed by atoms with Crippen LogP contribution in [0.3, 0.4) is 0 Å². The van der Waals surface area contributed by atoms with Crippen LogP contribution in [0.5, 0.6) is 11.5 Å². The summed E-state index contributed by atoms with van der Waals surface area (Å²) < 4.78 is 88.7. The number of amides is 2. The van der Waals surface area contributed by atoms with Gasteiger partial charge >= 0.3 is 15.0 Å². The first kappa shape index (κ1) is 59.4. The first-order chi connectivity index (χ1) is 40.6. The van der Waals surface area contributed by atoms with Crippen LogP contribution < -0.4 is 25.7 Å². The largest absolute Gasteiger partial charge is 0.497 e. The number of nitrogens with zero attached hydrogens (tertiary/aromatic N) is 9. The van der Waals surface area contributed by atoms with Crippen molar-refractivity contribution in [3.8, 4) is 17.6 Å². The van der Waals surface area contributed by atoms with Crippen LogP contribution in [0, 0.1) is 17.2 Å². The van der Waals surface area contributed by atoms with Gasteiger partial charge in [0.05, 0.1) is 59.0 Å². The molecule has 438 valence electrons. The molecule has 2 amide bonds. The molecule has 30 heteroatoms. The van der Waals surface area contributed by atoms with Crippen molar-refractivity contribution in [1.82, 2.24) is 44.5 Å². The second-order valence-electron chi connectivity index (χ2n) is 19.3. The predicted molar refractivity (Wildman–Crippen MR) is 302 cm³/mol. The molecule has 4 aromatic heterocycles. The lowest BCUT2D eigenvalue weighted by molar-refractivity contribution is -0.118. The van der Waals surface area contributed by atoms with Gasteiger partial charge in [-0.1, -0.05) is 91.9 Å². The molecule has 2 fully saturated rings. The van der Waals surface area contributed by atoms with Gasteiger partial charge in [-0.3, -0.25) is 38.3 Å². The molecule has 0 radical (unpaired) electrons. The second kappa shape index (κ2) is 26.0. The minimum absolute atomic E-state index is 0.00152. The van der Waals surface area contributed by atoms with Gasteiger partial charge in [0.15, 0.2) is 46.8 Å². The zero-order valence-electron chi connectivity index (χ0n) is 45.2. The number of ether oxygens (including phenoxy) is 5. The number of H-pyrrole nitrogens is 1. The van der Waals surface area contributed by atoms with Crippen LogP contribution in [0.2, 0.25) is 0 Å². The Morgan fingerprint density at radius 2 is 1.56 bits per heavy atom. The van der Waals surface area contributed by atoms with E-state index < -0.39 is 100 Å². The Hall–Kier alpha value is -7.77. The van der Waals surface area contributed by atoms with Crippen molar-refractivity contribution in [2.45, 2.75) is 75.3 Å². The summed E-state index contributed by atoms with van der Waals surface area (Å²) in [7, 11) is -0.542. The number of nitrogens with one attached hydrogen (secondary N) is 3. The molecule has 0 spiro atoms. The predicted octanol–water partition coefficient (Wildman–Crippen LogP) is 7.07. The van der Waals surface area contributed by atoms with E-state index in [0.717, 1.165) is 11.0 Å². The Kier molecular flexibility index (Phi) is 18.4. The zero-order chi connectivity index (χ0) is 59.1. The average molecular weight is 1210 g/mol. The Morgan fingerprint density at radius 3 is 2.20 bits per heavy atom. The zero-order valence-corrected chi connectivity index (χ0v) is 47.9. The number of methoxy groups -OCH3 is 2. The summed E-state index contributed by atoms with van der Waals surface area (Å²) in [6.45, 7) is -2.20. The number of carbonyl (C=O) groups is 2. The molecule has 0 bridgehead atoms. The molecule has 2 unspecified atom stereocenters. The van der Waals surface area contributed by atoms with Crippen LogP contribution in [-0.2, 0) is 59.1 Å². The third-order valence-corrected chi connectivity index (χ3v) is 16.5. The maximum Gasteiger partial charge on any atom is 0.327 e. The van der Waals surface area contributed by atoms with E-state index >= 15 is 4.39 Å².